The third-order valence-corrected chi connectivity index (χ3v) is 3.90. The Labute approximate surface area is 120 Å². The van der Waals surface area contributed by atoms with Crippen LogP contribution in [0, 0.1) is 11.7 Å². The van der Waals surface area contributed by atoms with Crippen LogP contribution in [-0.2, 0) is 4.74 Å². The van der Waals surface area contributed by atoms with Gasteiger partial charge in [-0.2, -0.15) is 0 Å². The number of ether oxygens (including phenoxy) is 1. The molecule has 2 unspecified atom stereocenters. The fraction of sp³-hybridized carbons (Fsp3) is 0.500. The van der Waals surface area contributed by atoms with E-state index in [0.29, 0.717) is 17.7 Å². The minimum atomic E-state index is -0.492. The second-order valence-electron chi connectivity index (χ2n) is 4.67. The fourth-order valence-corrected chi connectivity index (χ4v) is 2.60. The van der Waals surface area contributed by atoms with Crippen LogP contribution in [0.5, 0.6) is 0 Å². The van der Waals surface area contributed by atoms with Gasteiger partial charge in [-0.05, 0) is 41.0 Å². The summed E-state index contributed by atoms with van der Waals surface area (Å²) < 4.78 is 19.6. The molecular weight excluding hydrogens is 313 g/mol. The Morgan fingerprint density at radius 3 is 3.05 bits per heavy atom. The molecule has 1 aromatic carbocycles. The monoisotopic (exact) mass is 329 g/mol. The Bertz CT molecular complexity index is 467. The lowest BCUT2D eigenvalue weighted by Gasteiger charge is -2.18. The normalized spacial score (nSPS) is 22.7. The highest BCUT2D eigenvalue weighted by Gasteiger charge is 2.35. The Morgan fingerprint density at radius 2 is 2.32 bits per heavy atom. The molecular formula is C14H17BrFNO2. The molecule has 1 aromatic rings. The summed E-state index contributed by atoms with van der Waals surface area (Å²) >= 11 is 3.11. The summed E-state index contributed by atoms with van der Waals surface area (Å²) in [7, 11) is 0. The standard InChI is InChI=1S/C14H17BrFNO2/c1-2-6-17-12-8-19-7-10(12)14(18)9-4-3-5-11(15)13(9)16/h3-5,10,12,17H,2,6-8H2,1H3. The number of benzene rings is 1. The lowest BCUT2D eigenvalue weighted by molar-refractivity contribution is 0.0887. The van der Waals surface area contributed by atoms with Gasteiger partial charge in [0, 0.05) is 6.04 Å². The number of hydrogen-bond acceptors (Lipinski definition) is 3. The van der Waals surface area contributed by atoms with Crippen molar-refractivity contribution in [3.8, 4) is 0 Å². The number of rotatable bonds is 5. The first-order valence-corrected chi connectivity index (χ1v) is 7.23. The zero-order valence-corrected chi connectivity index (χ0v) is 12.4. The predicted octanol–water partition coefficient (Wildman–Crippen LogP) is 2.79. The van der Waals surface area contributed by atoms with E-state index in [2.05, 4.69) is 28.2 Å². The Kier molecular flexibility index (Phi) is 5.07. The van der Waals surface area contributed by atoms with Crippen LogP contribution < -0.4 is 5.32 Å². The van der Waals surface area contributed by atoms with Gasteiger partial charge in [-0.1, -0.05) is 13.0 Å². The van der Waals surface area contributed by atoms with Gasteiger partial charge in [0.15, 0.2) is 5.78 Å². The SMILES string of the molecule is CCCNC1COCC1C(=O)c1cccc(Br)c1F. The largest absolute Gasteiger partial charge is 0.379 e. The number of carbonyl (C=O) groups is 1. The minimum absolute atomic E-state index is 0.0224. The summed E-state index contributed by atoms with van der Waals surface area (Å²) in [6, 6.07) is 4.76. The minimum Gasteiger partial charge on any atom is -0.379 e. The molecule has 0 radical (unpaired) electrons. The number of Topliss-reactive ketones (excluding diaryl/α,β-unsaturated/α-hetero) is 1. The molecule has 1 aliphatic heterocycles. The van der Waals surface area contributed by atoms with E-state index >= 15 is 0 Å². The maximum Gasteiger partial charge on any atom is 0.172 e. The second kappa shape index (κ2) is 6.59. The molecule has 0 aromatic heterocycles. The molecule has 5 heteroatoms. The van der Waals surface area contributed by atoms with Crippen LogP contribution in [-0.4, -0.2) is 31.6 Å². The molecule has 0 amide bonds. The average Bonchev–Trinajstić information content (AvgIpc) is 2.87. The summed E-state index contributed by atoms with van der Waals surface area (Å²) in [5.41, 5.74) is 0.133. The van der Waals surface area contributed by atoms with Gasteiger partial charge in [0.2, 0.25) is 0 Å². The van der Waals surface area contributed by atoms with Gasteiger partial charge in [0.1, 0.15) is 5.82 Å². The van der Waals surface area contributed by atoms with Gasteiger partial charge in [0.05, 0.1) is 29.2 Å². The summed E-state index contributed by atoms with van der Waals surface area (Å²) in [5.74, 6) is -0.992. The zero-order chi connectivity index (χ0) is 13.8. The van der Waals surface area contributed by atoms with Crippen LogP contribution in [0.25, 0.3) is 0 Å². The zero-order valence-electron chi connectivity index (χ0n) is 10.8. The molecule has 1 saturated heterocycles. The quantitative estimate of drug-likeness (QED) is 0.844. The van der Waals surface area contributed by atoms with E-state index in [1.165, 1.54) is 6.07 Å². The lowest BCUT2D eigenvalue weighted by Crippen LogP contribution is -2.39. The van der Waals surface area contributed by atoms with E-state index in [4.69, 9.17) is 4.74 Å². The maximum atomic E-state index is 14.0. The molecule has 1 aliphatic rings. The van der Waals surface area contributed by atoms with Gasteiger partial charge in [-0.25, -0.2) is 4.39 Å². The first-order chi connectivity index (χ1) is 9.15. The van der Waals surface area contributed by atoms with E-state index in [0.717, 1.165) is 13.0 Å². The molecule has 1 N–H and O–H groups in total. The average molecular weight is 330 g/mol. The number of carbonyl (C=O) groups excluding carboxylic acids is 1. The van der Waals surface area contributed by atoms with Crippen molar-refractivity contribution in [3.05, 3.63) is 34.1 Å². The molecule has 104 valence electrons. The maximum absolute atomic E-state index is 14.0. The Morgan fingerprint density at radius 1 is 1.53 bits per heavy atom. The molecule has 1 fully saturated rings. The van der Waals surface area contributed by atoms with E-state index in [-0.39, 0.29) is 23.3 Å². The molecule has 0 aliphatic carbocycles. The van der Waals surface area contributed by atoms with Crippen molar-refractivity contribution in [2.45, 2.75) is 19.4 Å². The van der Waals surface area contributed by atoms with Gasteiger partial charge in [-0.3, -0.25) is 4.79 Å². The van der Waals surface area contributed by atoms with E-state index in [1.807, 2.05) is 0 Å². The smallest absolute Gasteiger partial charge is 0.172 e. The summed E-state index contributed by atoms with van der Waals surface area (Å²) in [6.45, 7) is 3.75. The highest BCUT2D eigenvalue weighted by molar-refractivity contribution is 9.10. The summed E-state index contributed by atoms with van der Waals surface area (Å²) in [4.78, 5) is 12.4. The van der Waals surface area contributed by atoms with Crippen LogP contribution in [0.3, 0.4) is 0 Å². The predicted molar refractivity (Wildman–Crippen MR) is 74.8 cm³/mol. The van der Waals surface area contributed by atoms with Crippen molar-refractivity contribution in [3.63, 3.8) is 0 Å². The highest BCUT2D eigenvalue weighted by Crippen LogP contribution is 2.24. The van der Waals surface area contributed by atoms with Crippen molar-refractivity contribution >= 4 is 21.7 Å². The topological polar surface area (TPSA) is 38.3 Å². The first-order valence-electron chi connectivity index (χ1n) is 6.44. The third-order valence-electron chi connectivity index (χ3n) is 3.29. The van der Waals surface area contributed by atoms with Gasteiger partial charge in [-0.15, -0.1) is 0 Å². The molecule has 0 saturated carbocycles. The van der Waals surface area contributed by atoms with Crippen molar-refractivity contribution in [1.29, 1.82) is 0 Å². The van der Waals surface area contributed by atoms with E-state index < -0.39 is 5.82 Å². The third kappa shape index (κ3) is 3.22. The van der Waals surface area contributed by atoms with Crippen LogP contribution in [0.2, 0.25) is 0 Å². The van der Waals surface area contributed by atoms with Crippen LogP contribution in [0.4, 0.5) is 4.39 Å². The van der Waals surface area contributed by atoms with Gasteiger partial charge >= 0.3 is 0 Å². The second-order valence-corrected chi connectivity index (χ2v) is 5.52. The first kappa shape index (κ1) is 14.6. The number of ketones is 1. The number of nitrogens with one attached hydrogen (secondary N) is 1. The van der Waals surface area contributed by atoms with Crippen molar-refractivity contribution < 1.29 is 13.9 Å². The van der Waals surface area contributed by atoms with E-state index in [1.54, 1.807) is 12.1 Å². The number of halogens is 2. The highest BCUT2D eigenvalue weighted by atomic mass is 79.9. The molecule has 19 heavy (non-hydrogen) atoms. The molecule has 2 rings (SSSR count). The summed E-state index contributed by atoms with van der Waals surface area (Å²) in [5, 5.41) is 3.29. The lowest BCUT2D eigenvalue weighted by atomic mass is 9.93. The van der Waals surface area contributed by atoms with Crippen LogP contribution >= 0.6 is 15.9 Å². The fourth-order valence-electron chi connectivity index (χ4n) is 2.24. The molecule has 3 nitrogen and oxygen atoms in total. The van der Waals surface area contributed by atoms with Crippen molar-refractivity contribution in [2.24, 2.45) is 5.92 Å². The van der Waals surface area contributed by atoms with Crippen molar-refractivity contribution in [2.75, 3.05) is 19.8 Å². The van der Waals surface area contributed by atoms with Gasteiger partial charge < -0.3 is 10.1 Å². The van der Waals surface area contributed by atoms with Gasteiger partial charge in [0.25, 0.3) is 0 Å². The van der Waals surface area contributed by atoms with Crippen molar-refractivity contribution in [1.82, 2.24) is 5.32 Å². The molecule has 0 bridgehead atoms. The Hall–Kier alpha value is -0.780. The van der Waals surface area contributed by atoms with Crippen LogP contribution in [0.15, 0.2) is 22.7 Å². The number of hydrogen-bond donors (Lipinski definition) is 1. The molecule has 2 atom stereocenters. The van der Waals surface area contributed by atoms with Crippen LogP contribution in [0.1, 0.15) is 23.7 Å². The Balaban J connectivity index is 2.16. The molecule has 0 spiro atoms. The van der Waals surface area contributed by atoms with E-state index in [9.17, 15) is 9.18 Å². The summed E-state index contributed by atoms with van der Waals surface area (Å²) in [6.07, 6.45) is 0.989. The molecule has 1 heterocycles.